The van der Waals surface area contributed by atoms with Crippen LogP contribution in [-0.2, 0) is 4.79 Å². The zero-order chi connectivity index (χ0) is 21.1. The van der Waals surface area contributed by atoms with Gasteiger partial charge in [0, 0.05) is 24.0 Å². The van der Waals surface area contributed by atoms with Gasteiger partial charge in [-0.3, -0.25) is 9.59 Å². The molecule has 0 atom stereocenters. The summed E-state index contributed by atoms with van der Waals surface area (Å²) < 4.78 is 0. The molecule has 2 N–H and O–H groups in total. The van der Waals surface area contributed by atoms with Crippen LogP contribution >= 0.6 is 11.3 Å². The van der Waals surface area contributed by atoms with E-state index < -0.39 is 0 Å². The second-order valence-corrected chi connectivity index (χ2v) is 8.30. The topological polar surface area (TPSA) is 87.2 Å². The zero-order valence-electron chi connectivity index (χ0n) is 16.9. The molecule has 3 heterocycles. The van der Waals surface area contributed by atoms with Gasteiger partial charge in [-0.25, -0.2) is 9.97 Å². The number of anilines is 2. The van der Waals surface area contributed by atoms with Gasteiger partial charge in [0.25, 0.3) is 5.91 Å². The predicted octanol–water partition coefficient (Wildman–Crippen LogP) is 3.52. The van der Waals surface area contributed by atoms with E-state index in [1.165, 1.54) is 16.9 Å². The number of hydrogen-bond acceptors (Lipinski definition) is 6. The molecule has 0 spiro atoms. The van der Waals surface area contributed by atoms with Crippen molar-refractivity contribution >= 4 is 34.7 Å². The third-order valence-corrected chi connectivity index (χ3v) is 5.82. The van der Waals surface area contributed by atoms with E-state index in [0.29, 0.717) is 42.8 Å². The molecular weight excluding hydrogens is 398 g/mol. The molecule has 8 heteroatoms. The lowest BCUT2D eigenvalue weighted by atomic mass is 10.0. The fraction of sp³-hybridized carbons (Fsp3) is 0.273. The number of hydrogen-bond donors (Lipinski definition) is 2. The van der Waals surface area contributed by atoms with Crippen LogP contribution in [0.5, 0.6) is 0 Å². The summed E-state index contributed by atoms with van der Waals surface area (Å²) >= 11 is 1.45. The first kappa shape index (κ1) is 20.0. The minimum atomic E-state index is -0.275. The van der Waals surface area contributed by atoms with Crippen LogP contribution in [-0.4, -0.2) is 41.4 Å². The number of rotatable bonds is 5. The molecule has 1 fully saturated rings. The van der Waals surface area contributed by atoms with Crippen LogP contribution in [0, 0.1) is 0 Å². The number of benzene rings is 1. The van der Waals surface area contributed by atoms with Crippen LogP contribution in [0.2, 0.25) is 0 Å². The van der Waals surface area contributed by atoms with Crippen LogP contribution in [0.15, 0.2) is 48.0 Å². The molecule has 0 aliphatic carbocycles. The maximum Gasteiger partial charge on any atom is 0.275 e. The average molecular weight is 422 g/mol. The van der Waals surface area contributed by atoms with E-state index in [-0.39, 0.29) is 11.8 Å². The Bertz CT molecular complexity index is 1040. The van der Waals surface area contributed by atoms with Crippen molar-refractivity contribution in [2.45, 2.75) is 19.8 Å². The normalized spacial score (nSPS) is 14.0. The SMILES string of the molecule is CC(C)c1ccc(-c2nc(C(=O)Nc3ccc(N4CCNC(=O)C4)nc3)cs2)cc1. The summed E-state index contributed by atoms with van der Waals surface area (Å²) in [7, 11) is 0. The molecule has 2 amide bonds. The first-order valence-electron chi connectivity index (χ1n) is 9.84. The van der Waals surface area contributed by atoms with Crippen molar-refractivity contribution < 1.29 is 9.59 Å². The van der Waals surface area contributed by atoms with Crippen molar-refractivity contribution in [1.82, 2.24) is 15.3 Å². The minimum absolute atomic E-state index is 0.0152. The van der Waals surface area contributed by atoms with Crippen molar-refractivity contribution in [3.8, 4) is 10.6 Å². The smallest absolute Gasteiger partial charge is 0.275 e. The zero-order valence-corrected chi connectivity index (χ0v) is 17.7. The molecule has 0 saturated carbocycles. The molecule has 4 rings (SSSR count). The second kappa shape index (κ2) is 8.62. The molecule has 2 aromatic heterocycles. The van der Waals surface area contributed by atoms with E-state index in [9.17, 15) is 9.59 Å². The van der Waals surface area contributed by atoms with Gasteiger partial charge in [-0.15, -0.1) is 11.3 Å². The summed E-state index contributed by atoms with van der Waals surface area (Å²) in [5, 5.41) is 8.19. The molecule has 0 unspecified atom stereocenters. The molecule has 0 radical (unpaired) electrons. The lowest BCUT2D eigenvalue weighted by molar-refractivity contribution is -0.120. The van der Waals surface area contributed by atoms with Gasteiger partial charge in [0.2, 0.25) is 5.91 Å². The van der Waals surface area contributed by atoms with E-state index in [0.717, 1.165) is 10.6 Å². The van der Waals surface area contributed by atoms with Gasteiger partial charge in [-0.1, -0.05) is 38.1 Å². The number of pyridine rings is 1. The van der Waals surface area contributed by atoms with E-state index in [4.69, 9.17) is 0 Å². The molecule has 154 valence electrons. The maximum absolute atomic E-state index is 12.6. The maximum atomic E-state index is 12.6. The highest BCUT2D eigenvalue weighted by Gasteiger charge is 2.18. The molecule has 1 aliphatic rings. The number of carbonyl (C=O) groups is 2. The van der Waals surface area contributed by atoms with Gasteiger partial charge in [-0.05, 0) is 23.6 Å². The Morgan fingerprint density at radius 1 is 1.20 bits per heavy atom. The summed E-state index contributed by atoms with van der Waals surface area (Å²) in [6.07, 6.45) is 1.59. The summed E-state index contributed by atoms with van der Waals surface area (Å²) in [6, 6.07) is 11.9. The Labute approximate surface area is 179 Å². The fourth-order valence-corrected chi connectivity index (χ4v) is 4.00. The number of aromatic nitrogens is 2. The number of piperazine rings is 1. The second-order valence-electron chi connectivity index (χ2n) is 7.45. The van der Waals surface area contributed by atoms with Crippen molar-refractivity contribution in [1.29, 1.82) is 0 Å². The first-order chi connectivity index (χ1) is 14.5. The van der Waals surface area contributed by atoms with Gasteiger partial charge in [0.05, 0.1) is 18.4 Å². The van der Waals surface area contributed by atoms with E-state index in [1.54, 1.807) is 23.7 Å². The molecule has 1 aliphatic heterocycles. The molecule has 1 saturated heterocycles. The Morgan fingerprint density at radius 3 is 2.67 bits per heavy atom. The number of nitrogens with one attached hydrogen (secondary N) is 2. The Morgan fingerprint density at radius 2 is 2.00 bits per heavy atom. The molecule has 1 aromatic carbocycles. The lowest BCUT2D eigenvalue weighted by Crippen LogP contribution is -2.48. The number of thiazole rings is 1. The highest BCUT2D eigenvalue weighted by atomic mass is 32.1. The Balaban J connectivity index is 1.41. The van der Waals surface area contributed by atoms with Crippen LogP contribution in [0.4, 0.5) is 11.5 Å². The number of amides is 2. The van der Waals surface area contributed by atoms with E-state index in [2.05, 4.69) is 46.6 Å². The summed E-state index contributed by atoms with van der Waals surface area (Å²) in [5.74, 6) is 0.897. The Hall–Kier alpha value is -3.26. The van der Waals surface area contributed by atoms with Crippen LogP contribution in [0.25, 0.3) is 10.6 Å². The van der Waals surface area contributed by atoms with Gasteiger partial charge in [0.15, 0.2) is 0 Å². The van der Waals surface area contributed by atoms with Gasteiger partial charge < -0.3 is 15.5 Å². The van der Waals surface area contributed by atoms with Crippen LogP contribution < -0.4 is 15.5 Å². The van der Waals surface area contributed by atoms with Gasteiger partial charge in [0.1, 0.15) is 16.5 Å². The minimum Gasteiger partial charge on any atom is -0.353 e. The van der Waals surface area contributed by atoms with Gasteiger partial charge in [-0.2, -0.15) is 0 Å². The standard InChI is InChI=1S/C22H23N5O2S/c1-14(2)15-3-5-16(6-4-15)22-26-18(13-30-22)21(29)25-17-7-8-19(24-11-17)27-10-9-23-20(28)12-27/h3-8,11,13-14H,9-10,12H2,1-2H3,(H,23,28)(H,25,29). The Kier molecular flexibility index (Phi) is 5.76. The third-order valence-electron chi connectivity index (χ3n) is 4.93. The van der Waals surface area contributed by atoms with Crippen molar-refractivity contribution in [2.24, 2.45) is 0 Å². The molecule has 3 aromatic rings. The largest absolute Gasteiger partial charge is 0.353 e. The molecule has 30 heavy (non-hydrogen) atoms. The van der Waals surface area contributed by atoms with E-state index >= 15 is 0 Å². The highest BCUT2D eigenvalue weighted by molar-refractivity contribution is 7.13. The number of carbonyl (C=O) groups excluding carboxylic acids is 2. The summed E-state index contributed by atoms with van der Waals surface area (Å²) in [6.45, 7) is 5.92. The van der Waals surface area contributed by atoms with Crippen molar-refractivity contribution in [3.63, 3.8) is 0 Å². The molecular formula is C22H23N5O2S. The highest BCUT2D eigenvalue weighted by Crippen LogP contribution is 2.26. The van der Waals surface area contributed by atoms with Gasteiger partial charge >= 0.3 is 0 Å². The summed E-state index contributed by atoms with van der Waals surface area (Å²) in [4.78, 5) is 34.9. The average Bonchev–Trinajstić information content (AvgIpc) is 3.25. The molecule has 0 bridgehead atoms. The summed E-state index contributed by atoms with van der Waals surface area (Å²) in [5.41, 5.74) is 3.23. The van der Waals surface area contributed by atoms with Crippen molar-refractivity contribution in [3.05, 3.63) is 59.2 Å². The number of nitrogens with zero attached hydrogens (tertiary/aromatic N) is 3. The third kappa shape index (κ3) is 4.49. The van der Waals surface area contributed by atoms with Crippen LogP contribution in [0.1, 0.15) is 35.8 Å². The lowest BCUT2D eigenvalue weighted by Gasteiger charge is -2.27. The quantitative estimate of drug-likeness (QED) is 0.658. The molecule has 7 nitrogen and oxygen atoms in total. The van der Waals surface area contributed by atoms with Crippen molar-refractivity contribution in [2.75, 3.05) is 29.9 Å². The first-order valence-corrected chi connectivity index (χ1v) is 10.7. The fourth-order valence-electron chi connectivity index (χ4n) is 3.20. The predicted molar refractivity (Wildman–Crippen MR) is 119 cm³/mol. The monoisotopic (exact) mass is 421 g/mol. The van der Waals surface area contributed by atoms with Crippen LogP contribution in [0.3, 0.4) is 0 Å². The van der Waals surface area contributed by atoms with E-state index in [1.807, 2.05) is 17.0 Å².